The average Bonchev–Trinajstić information content (AvgIpc) is 2.50. The molecule has 1 N–H and O–H groups in total. The number of hydrogen-bond acceptors (Lipinski definition) is 2. The standard InChI is InChI=1S/C17H23NO2/c1-20-16(15-10-6-3-7-11-15)17(19)18-13-12-14-8-4-2-5-9-14/h3,6-8,10-11,16H,2,4-5,9,12-13H2,1H3,(H,18,19). The Hall–Kier alpha value is -1.61. The molecule has 2 rings (SSSR count). The first-order valence-electron chi connectivity index (χ1n) is 7.34. The van der Waals surface area contributed by atoms with Gasteiger partial charge in [-0.05, 0) is 37.7 Å². The number of allylic oxidation sites excluding steroid dienone is 1. The Kier molecular flexibility index (Phi) is 5.81. The Labute approximate surface area is 121 Å². The van der Waals surface area contributed by atoms with Crippen LogP contribution in [0.1, 0.15) is 43.8 Å². The van der Waals surface area contributed by atoms with E-state index in [1.807, 2.05) is 30.3 Å². The first-order chi connectivity index (χ1) is 9.81. The molecule has 0 aromatic heterocycles. The topological polar surface area (TPSA) is 38.3 Å². The van der Waals surface area contributed by atoms with Gasteiger partial charge >= 0.3 is 0 Å². The van der Waals surface area contributed by atoms with E-state index >= 15 is 0 Å². The van der Waals surface area contributed by atoms with Gasteiger partial charge in [0.1, 0.15) is 0 Å². The summed E-state index contributed by atoms with van der Waals surface area (Å²) in [4.78, 5) is 12.2. The molecule has 1 amide bonds. The van der Waals surface area contributed by atoms with E-state index in [-0.39, 0.29) is 5.91 Å². The molecule has 0 saturated heterocycles. The number of carbonyl (C=O) groups excluding carboxylic acids is 1. The van der Waals surface area contributed by atoms with Crippen molar-refractivity contribution < 1.29 is 9.53 Å². The highest BCUT2D eigenvalue weighted by Gasteiger charge is 2.19. The molecule has 0 spiro atoms. The third-order valence-corrected chi connectivity index (χ3v) is 3.71. The lowest BCUT2D eigenvalue weighted by atomic mass is 9.97. The molecule has 3 nitrogen and oxygen atoms in total. The number of rotatable bonds is 6. The van der Waals surface area contributed by atoms with Crippen molar-refractivity contribution in [1.82, 2.24) is 5.32 Å². The Morgan fingerprint density at radius 3 is 2.75 bits per heavy atom. The summed E-state index contributed by atoms with van der Waals surface area (Å²) in [5.41, 5.74) is 2.37. The minimum Gasteiger partial charge on any atom is -0.367 e. The predicted molar refractivity (Wildman–Crippen MR) is 80.4 cm³/mol. The van der Waals surface area contributed by atoms with Gasteiger partial charge in [-0.1, -0.05) is 42.0 Å². The molecule has 0 aliphatic heterocycles. The molecule has 1 aromatic carbocycles. The van der Waals surface area contributed by atoms with Crippen LogP contribution in [0.2, 0.25) is 0 Å². The van der Waals surface area contributed by atoms with Crippen molar-refractivity contribution in [2.75, 3.05) is 13.7 Å². The molecule has 0 radical (unpaired) electrons. The summed E-state index contributed by atoms with van der Waals surface area (Å²) in [7, 11) is 1.57. The van der Waals surface area contributed by atoms with Crippen molar-refractivity contribution in [3.8, 4) is 0 Å². The van der Waals surface area contributed by atoms with Crippen LogP contribution in [0.3, 0.4) is 0 Å². The monoisotopic (exact) mass is 273 g/mol. The maximum Gasteiger partial charge on any atom is 0.253 e. The van der Waals surface area contributed by atoms with Crippen molar-refractivity contribution >= 4 is 5.91 Å². The van der Waals surface area contributed by atoms with Crippen molar-refractivity contribution in [3.63, 3.8) is 0 Å². The fourth-order valence-corrected chi connectivity index (χ4v) is 2.59. The van der Waals surface area contributed by atoms with Gasteiger partial charge in [-0.3, -0.25) is 4.79 Å². The zero-order chi connectivity index (χ0) is 14.2. The summed E-state index contributed by atoms with van der Waals surface area (Å²) in [6, 6.07) is 9.60. The molecule has 0 saturated carbocycles. The maximum absolute atomic E-state index is 12.2. The van der Waals surface area contributed by atoms with E-state index in [4.69, 9.17) is 4.74 Å². The smallest absolute Gasteiger partial charge is 0.253 e. The van der Waals surface area contributed by atoms with E-state index in [2.05, 4.69) is 11.4 Å². The molecule has 0 bridgehead atoms. The summed E-state index contributed by atoms with van der Waals surface area (Å²) in [6.45, 7) is 0.692. The third-order valence-electron chi connectivity index (χ3n) is 3.71. The largest absolute Gasteiger partial charge is 0.367 e. The van der Waals surface area contributed by atoms with Crippen LogP contribution in [0.4, 0.5) is 0 Å². The molecule has 1 aliphatic rings. The van der Waals surface area contributed by atoms with Crippen molar-refractivity contribution in [2.45, 2.75) is 38.2 Å². The van der Waals surface area contributed by atoms with Crippen LogP contribution < -0.4 is 5.32 Å². The van der Waals surface area contributed by atoms with Gasteiger partial charge in [0.25, 0.3) is 5.91 Å². The normalized spacial score (nSPS) is 16.4. The molecular weight excluding hydrogens is 250 g/mol. The number of hydrogen-bond donors (Lipinski definition) is 1. The first kappa shape index (κ1) is 14.8. The quantitative estimate of drug-likeness (QED) is 0.807. The number of ether oxygens (including phenoxy) is 1. The summed E-state index contributed by atoms with van der Waals surface area (Å²) in [5, 5.41) is 2.97. The predicted octanol–water partition coefficient (Wildman–Crippen LogP) is 3.38. The molecule has 1 atom stereocenters. The Morgan fingerprint density at radius 2 is 2.10 bits per heavy atom. The molecule has 108 valence electrons. The van der Waals surface area contributed by atoms with Gasteiger partial charge in [-0.25, -0.2) is 0 Å². The minimum absolute atomic E-state index is 0.0601. The molecule has 1 aromatic rings. The van der Waals surface area contributed by atoms with Gasteiger partial charge in [-0.15, -0.1) is 0 Å². The lowest BCUT2D eigenvalue weighted by Crippen LogP contribution is -2.31. The Balaban J connectivity index is 1.82. The van der Waals surface area contributed by atoms with Crippen molar-refractivity contribution in [2.24, 2.45) is 0 Å². The third kappa shape index (κ3) is 4.20. The molecule has 1 unspecified atom stereocenters. The van der Waals surface area contributed by atoms with Gasteiger partial charge < -0.3 is 10.1 Å². The van der Waals surface area contributed by atoms with Gasteiger partial charge in [0.05, 0.1) is 0 Å². The van der Waals surface area contributed by atoms with Gasteiger partial charge in [-0.2, -0.15) is 0 Å². The van der Waals surface area contributed by atoms with Crippen LogP contribution in [0.25, 0.3) is 0 Å². The SMILES string of the molecule is COC(C(=O)NCCC1=CCCCC1)c1ccccc1. The number of nitrogens with one attached hydrogen (secondary N) is 1. The molecule has 20 heavy (non-hydrogen) atoms. The second-order valence-corrected chi connectivity index (χ2v) is 5.18. The van der Waals surface area contributed by atoms with Gasteiger partial charge in [0.2, 0.25) is 0 Å². The number of amides is 1. The van der Waals surface area contributed by atoms with Crippen LogP contribution in [-0.2, 0) is 9.53 Å². The summed E-state index contributed by atoms with van der Waals surface area (Å²) < 4.78 is 5.31. The first-order valence-corrected chi connectivity index (χ1v) is 7.34. The highest BCUT2D eigenvalue weighted by molar-refractivity contribution is 5.82. The second kappa shape index (κ2) is 7.85. The summed E-state index contributed by atoms with van der Waals surface area (Å²) in [5.74, 6) is -0.0601. The van der Waals surface area contributed by atoms with E-state index in [9.17, 15) is 4.79 Å². The number of benzene rings is 1. The van der Waals surface area contributed by atoms with E-state index < -0.39 is 6.10 Å². The Bertz CT molecular complexity index is 453. The van der Waals surface area contributed by atoms with E-state index in [1.54, 1.807) is 7.11 Å². The lowest BCUT2D eigenvalue weighted by molar-refractivity contribution is -0.131. The lowest BCUT2D eigenvalue weighted by Gasteiger charge is -2.17. The zero-order valence-corrected chi connectivity index (χ0v) is 12.1. The van der Waals surface area contributed by atoms with Crippen LogP contribution in [-0.4, -0.2) is 19.6 Å². The fourth-order valence-electron chi connectivity index (χ4n) is 2.59. The van der Waals surface area contributed by atoms with Crippen LogP contribution in [0, 0.1) is 0 Å². The maximum atomic E-state index is 12.2. The van der Waals surface area contributed by atoms with Crippen molar-refractivity contribution in [1.29, 1.82) is 0 Å². The average molecular weight is 273 g/mol. The molecular formula is C17H23NO2. The highest BCUT2D eigenvalue weighted by atomic mass is 16.5. The Morgan fingerprint density at radius 1 is 1.30 bits per heavy atom. The number of methoxy groups -OCH3 is 1. The van der Waals surface area contributed by atoms with Crippen LogP contribution >= 0.6 is 0 Å². The van der Waals surface area contributed by atoms with Gasteiger partial charge in [0, 0.05) is 13.7 Å². The van der Waals surface area contributed by atoms with E-state index in [0.717, 1.165) is 12.0 Å². The molecule has 0 fully saturated rings. The van der Waals surface area contributed by atoms with Crippen molar-refractivity contribution in [3.05, 3.63) is 47.5 Å². The van der Waals surface area contributed by atoms with Crippen LogP contribution in [0.5, 0.6) is 0 Å². The van der Waals surface area contributed by atoms with E-state index in [0.29, 0.717) is 6.54 Å². The molecule has 0 heterocycles. The number of carbonyl (C=O) groups is 1. The summed E-state index contributed by atoms with van der Waals surface area (Å²) in [6.07, 6.45) is 7.71. The van der Waals surface area contributed by atoms with Crippen LogP contribution in [0.15, 0.2) is 42.0 Å². The molecule has 3 heteroatoms. The zero-order valence-electron chi connectivity index (χ0n) is 12.1. The molecule has 1 aliphatic carbocycles. The highest BCUT2D eigenvalue weighted by Crippen LogP contribution is 2.20. The van der Waals surface area contributed by atoms with E-state index in [1.165, 1.54) is 31.3 Å². The summed E-state index contributed by atoms with van der Waals surface area (Å²) >= 11 is 0. The second-order valence-electron chi connectivity index (χ2n) is 5.18. The van der Waals surface area contributed by atoms with Gasteiger partial charge in [0.15, 0.2) is 6.10 Å². The minimum atomic E-state index is -0.517. The fraction of sp³-hybridized carbons (Fsp3) is 0.471.